The van der Waals surface area contributed by atoms with E-state index in [9.17, 15) is 4.79 Å². The van der Waals surface area contributed by atoms with Crippen LogP contribution < -0.4 is 11.1 Å². The zero-order valence-corrected chi connectivity index (χ0v) is 12.2. The normalized spacial score (nSPS) is 10.5. The Balaban J connectivity index is 2.07. The maximum absolute atomic E-state index is 12.0. The molecule has 0 radical (unpaired) electrons. The SMILES string of the molecule is Cc1cc(CNC(=O)c2cc(N)ncc2Cl)sc1C. The average molecular weight is 296 g/mol. The van der Waals surface area contributed by atoms with Gasteiger partial charge in [-0.25, -0.2) is 4.98 Å². The van der Waals surface area contributed by atoms with E-state index in [0.29, 0.717) is 17.1 Å². The zero-order valence-electron chi connectivity index (χ0n) is 10.7. The molecular weight excluding hydrogens is 282 g/mol. The molecule has 0 saturated heterocycles. The van der Waals surface area contributed by atoms with Crippen molar-refractivity contribution in [2.45, 2.75) is 20.4 Å². The Labute approximate surface area is 120 Å². The van der Waals surface area contributed by atoms with Crippen LogP contribution in [0.4, 0.5) is 5.82 Å². The Hall–Kier alpha value is -1.59. The number of halogens is 1. The van der Waals surface area contributed by atoms with Crippen molar-refractivity contribution in [2.24, 2.45) is 0 Å². The molecule has 2 heterocycles. The number of rotatable bonds is 3. The summed E-state index contributed by atoms with van der Waals surface area (Å²) in [5.41, 5.74) is 7.13. The minimum absolute atomic E-state index is 0.247. The molecule has 2 rings (SSSR count). The van der Waals surface area contributed by atoms with Crippen molar-refractivity contribution in [1.82, 2.24) is 10.3 Å². The standard InChI is InChI=1S/C13H14ClN3OS/c1-7-3-9(19-8(7)2)5-17-13(18)10-4-12(15)16-6-11(10)14/h3-4,6H,5H2,1-2H3,(H2,15,16)(H,17,18). The Kier molecular flexibility index (Phi) is 4.07. The van der Waals surface area contributed by atoms with Gasteiger partial charge in [-0.05, 0) is 31.5 Å². The highest BCUT2D eigenvalue weighted by Crippen LogP contribution is 2.21. The number of amides is 1. The van der Waals surface area contributed by atoms with Crippen LogP contribution in [0.25, 0.3) is 0 Å². The molecule has 0 bridgehead atoms. The number of anilines is 1. The number of aryl methyl sites for hydroxylation is 2. The topological polar surface area (TPSA) is 68.0 Å². The van der Waals surface area contributed by atoms with Crippen LogP contribution in [0.15, 0.2) is 18.3 Å². The highest BCUT2D eigenvalue weighted by Gasteiger charge is 2.11. The molecule has 6 heteroatoms. The molecule has 3 N–H and O–H groups in total. The number of hydrogen-bond acceptors (Lipinski definition) is 4. The molecule has 2 aromatic heterocycles. The second-order valence-electron chi connectivity index (χ2n) is 4.22. The minimum atomic E-state index is -0.247. The van der Waals surface area contributed by atoms with Gasteiger partial charge in [-0.2, -0.15) is 0 Å². The van der Waals surface area contributed by atoms with Gasteiger partial charge >= 0.3 is 0 Å². The quantitative estimate of drug-likeness (QED) is 0.915. The molecule has 0 saturated carbocycles. The largest absolute Gasteiger partial charge is 0.384 e. The summed E-state index contributed by atoms with van der Waals surface area (Å²) in [5.74, 6) is 0.0279. The smallest absolute Gasteiger partial charge is 0.253 e. The van der Waals surface area contributed by atoms with Crippen LogP contribution in [0, 0.1) is 13.8 Å². The Morgan fingerprint density at radius 1 is 1.47 bits per heavy atom. The van der Waals surface area contributed by atoms with E-state index in [0.717, 1.165) is 4.88 Å². The molecule has 4 nitrogen and oxygen atoms in total. The molecule has 2 aromatic rings. The molecule has 0 aliphatic rings. The first-order chi connectivity index (χ1) is 8.97. The minimum Gasteiger partial charge on any atom is -0.384 e. The fraction of sp³-hybridized carbons (Fsp3) is 0.231. The number of nitrogens with one attached hydrogen (secondary N) is 1. The maximum atomic E-state index is 12.0. The average Bonchev–Trinajstić information content (AvgIpc) is 2.69. The van der Waals surface area contributed by atoms with Gasteiger partial charge in [0.25, 0.3) is 5.91 Å². The van der Waals surface area contributed by atoms with E-state index in [-0.39, 0.29) is 11.7 Å². The van der Waals surface area contributed by atoms with Crippen LogP contribution in [0.1, 0.15) is 25.7 Å². The van der Waals surface area contributed by atoms with Gasteiger partial charge in [-0.1, -0.05) is 11.6 Å². The van der Waals surface area contributed by atoms with Crippen molar-refractivity contribution in [2.75, 3.05) is 5.73 Å². The van der Waals surface area contributed by atoms with Crippen LogP contribution in [0.2, 0.25) is 5.02 Å². The highest BCUT2D eigenvalue weighted by atomic mass is 35.5. The number of nitrogens with zero attached hydrogens (tertiary/aromatic N) is 1. The fourth-order valence-electron chi connectivity index (χ4n) is 1.63. The lowest BCUT2D eigenvalue weighted by atomic mass is 10.2. The number of hydrogen-bond donors (Lipinski definition) is 2. The molecular formula is C13H14ClN3OS. The summed E-state index contributed by atoms with van der Waals surface area (Å²) in [6.07, 6.45) is 1.38. The first-order valence-corrected chi connectivity index (χ1v) is 6.92. The molecule has 0 aliphatic heterocycles. The lowest BCUT2D eigenvalue weighted by Crippen LogP contribution is -2.23. The Bertz CT molecular complexity index is 605. The van der Waals surface area contributed by atoms with E-state index in [1.54, 1.807) is 11.3 Å². The Morgan fingerprint density at radius 3 is 2.84 bits per heavy atom. The molecule has 0 fully saturated rings. The van der Waals surface area contributed by atoms with Crippen molar-refractivity contribution >= 4 is 34.7 Å². The number of nitrogens with two attached hydrogens (primary N) is 1. The van der Waals surface area contributed by atoms with E-state index in [2.05, 4.69) is 30.2 Å². The van der Waals surface area contributed by atoms with E-state index < -0.39 is 0 Å². The molecule has 0 spiro atoms. The van der Waals surface area contributed by atoms with Crippen molar-refractivity contribution in [1.29, 1.82) is 0 Å². The molecule has 0 aromatic carbocycles. The molecule has 100 valence electrons. The van der Waals surface area contributed by atoms with Gasteiger partial charge in [0.2, 0.25) is 0 Å². The summed E-state index contributed by atoms with van der Waals surface area (Å²) in [4.78, 5) is 18.2. The van der Waals surface area contributed by atoms with Gasteiger partial charge in [0, 0.05) is 16.0 Å². The van der Waals surface area contributed by atoms with Gasteiger partial charge in [-0.15, -0.1) is 11.3 Å². The molecule has 0 atom stereocenters. The van der Waals surface area contributed by atoms with Crippen LogP contribution in [-0.2, 0) is 6.54 Å². The summed E-state index contributed by atoms with van der Waals surface area (Å²) in [6.45, 7) is 4.60. The summed E-state index contributed by atoms with van der Waals surface area (Å²) in [6, 6.07) is 3.55. The lowest BCUT2D eigenvalue weighted by Gasteiger charge is -2.06. The number of carbonyl (C=O) groups is 1. The van der Waals surface area contributed by atoms with Crippen molar-refractivity contribution in [3.63, 3.8) is 0 Å². The van der Waals surface area contributed by atoms with Crippen LogP contribution in [-0.4, -0.2) is 10.9 Å². The van der Waals surface area contributed by atoms with Gasteiger partial charge < -0.3 is 11.1 Å². The predicted molar refractivity (Wildman–Crippen MR) is 78.6 cm³/mol. The van der Waals surface area contributed by atoms with Crippen LogP contribution >= 0.6 is 22.9 Å². The second-order valence-corrected chi connectivity index (χ2v) is 5.97. The van der Waals surface area contributed by atoms with Gasteiger partial charge in [0.15, 0.2) is 0 Å². The summed E-state index contributed by atoms with van der Waals surface area (Å²) >= 11 is 7.60. The van der Waals surface area contributed by atoms with Crippen molar-refractivity contribution in [3.8, 4) is 0 Å². The summed E-state index contributed by atoms with van der Waals surface area (Å²) in [7, 11) is 0. The van der Waals surface area contributed by atoms with Gasteiger partial charge in [0.1, 0.15) is 5.82 Å². The monoisotopic (exact) mass is 295 g/mol. The highest BCUT2D eigenvalue weighted by molar-refractivity contribution is 7.12. The molecule has 1 amide bonds. The molecule has 0 unspecified atom stereocenters. The first kappa shape index (κ1) is 13.8. The van der Waals surface area contributed by atoms with Gasteiger partial charge in [0.05, 0.1) is 17.1 Å². The third-order valence-corrected chi connectivity index (χ3v) is 4.22. The number of carbonyl (C=O) groups excluding carboxylic acids is 1. The summed E-state index contributed by atoms with van der Waals surface area (Å²) < 4.78 is 0. The fourth-order valence-corrected chi connectivity index (χ4v) is 2.81. The molecule has 19 heavy (non-hydrogen) atoms. The van der Waals surface area contributed by atoms with Crippen molar-refractivity contribution in [3.05, 3.63) is 44.2 Å². The van der Waals surface area contributed by atoms with E-state index in [1.165, 1.54) is 22.7 Å². The van der Waals surface area contributed by atoms with Gasteiger partial charge in [-0.3, -0.25) is 4.79 Å². The summed E-state index contributed by atoms with van der Waals surface area (Å²) in [5, 5.41) is 3.12. The lowest BCUT2D eigenvalue weighted by molar-refractivity contribution is 0.0951. The third kappa shape index (κ3) is 3.24. The number of aromatic nitrogens is 1. The second kappa shape index (κ2) is 5.59. The Morgan fingerprint density at radius 2 is 2.21 bits per heavy atom. The third-order valence-electron chi connectivity index (χ3n) is 2.76. The molecule has 0 aliphatic carbocycles. The maximum Gasteiger partial charge on any atom is 0.253 e. The van der Waals surface area contributed by atoms with Crippen LogP contribution in [0.3, 0.4) is 0 Å². The zero-order chi connectivity index (χ0) is 14.0. The van der Waals surface area contributed by atoms with E-state index in [4.69, 9.17) is 17.3 Å². The first-order valence-electron chi connectivity index (χ1n) is 5.72. The van der Waals surface area contributed by atoms with Crippen molar-refractivity contribution < 1.29 is 4.79 Å². The predicted octanol–water partition coefficient (Wildman–Crippen LogP) is 2.93. The van der Waals surface area contributed by atoms with E-state index >= 15 is 0 Å². The van der Waals surface area contributed by atoms with E-state index in [1.807, 2.05) is 0 Å². The number of pyridine rings is 1. The van der Waals surface area contributed by atoms with Crippen LogP contribution in [0.5, 0.6) is 0 Å². The number of thiophene rings is 1. The number of nitrogen functional groups attached to an aromatic ring is 1.